The number of rotatable bonds is 6. The number of likely N-dealkylation sites (N-methyl/N-ethyl adjacent to an activating group) is 2. The zero-order valence-electron chi connectivity index (χ0n) is 14.8. The van der Waals surface area contributed by atoms with Gasteiger partial charge in [0.2, 0.25) is 0 Å². The maximum Gasteiger partial charge on any atom is 0.191 e. The minimum Gasteiger partial charge on any atom is -0.355 e. The van der Waals surface area contributed by atoms with Crippen molar-refractivity contribution in [3.8, 4) is 0 Å². The molecule has 0 spiro atoms. The summed E-state index contributed by atoms with van der Waals surface area (Å²) in [5.74, 6) is 1.68. The summed E-state index contributed by atoms with van der Waals surface area (Å²) in [6, 6.07) is 1.01. The fraction of sp³-hybridized carbons (Fsp3) is 0.938. The van der Waals surface area contributed by atoms with Gasteiger partial charge in [0, 0.05) is 45.3 Å². The van der Waals surface area contributed by atoms with Crippen LogP contribution in [0.2, 0.25) is 0 Å². The van der Waals surface area contributed by atoms with Crippen LogP contribution in [0, 0.1) is 5.92 Å². The number of guanidine groups is 1. The van der Waals surface area contributed by atoms with Crippen molar-refractivity contribution >= 4 is 5.96 Å². The van der Waals surface area contributed by atoms with Gasteiger partial charge in [0.05, 0.1) is 0 Å². The molecule has 5 heteroatoms. The van der Waals surface area contributed by atoms with E-state index in [0.29, 0.717) is 12.1 Å². The Kier molecular flexibility index (Phi) is 8.04. The van der Waals surface area contributed by atoms with Crippen molar-refractivity contribution in [1.82, 2.24) is 20.4 Å². The number of nitrogens with one attached hydrogen (secondary N) is 2. The molecule has 0 amide bonds. The van der Waals surface area contributed by atoms with Crippen LogP contribution in [-0.2, 0) is 0 Å². The Hall–Kier alpha value is -0.810. The van der Waals surface area contributed by atoms with Crippen LogP contribution in [0.5, 0.6) is 0 Å². The maximum atomic E-state index is 4.35. The van der Waals surface area contributed by atoms with Gasteiger partial charge in [0.25, 0.3) is 0 Å². The first kappa shape index (κ1) is 18.2. The van der Waals surface area contributed by atoms with E-state index < -0.39 is 0 Å². The highest BCUT2D eigenvalue weighted by atomic mass is 15.3. The van der Waals surface area contributed by atoms with Crippen LogP contribution >= 0.6 is 0 Å². The molecule has 124 valence electrons. The summed E-state index contributed by atoms with van der Waals surface area (Å²) in [6.07, 6.45) is 2.44. The summed E-state index contributed by atoms with van der Waals surface area (Å²) in [7, 11) is 6.25. The molecule has 1 saturated heterocycles. The van der Waals surface area contributed by atoms with Gasteiger partial charge in [0.15, 0.2) is 5.96 Å². The Morgan fingerprint density at radius 2 is 1.90 bits per heavy atom. The van der Waals surface area contributed by atoms with Gasteiger partial charge in [0.1, 0.15) is 0 Å². The second-order valence-corrected chi connectivity index (χ2v) is 6.87. The predicted molar refractivity (Wildman–Crippen MR) is 91.9 cm³/mol. The lowest BCUT2D eigenvalue weighted by Crippen LogP contribution is -2.55. The lowest BCUT2D eigenvalue weighted by molar-refractivity contribution is 0.116. The third kappa shape index (κ3) is 7.14. The maximum absolute atomic E-state index is 4.35. The zero-order valence-corrected chi connectivity index (χ0v) is 14.8. The normalized spacial score (nSPS) is 23.4. The van der Waals surface area contributed by atoms with Gasteiger partial charge in [-0.3, -0.25) is 9.89 Å². The van der Waals surface area contributed by atoms with Crippen LogP contribution in [0.4, 0.5) is 0 Å². The van der Waals surface area contributed by atoms with Crippen molar-refractivity contribution in [3.63, 3.8) is 0 Å². The van der Waals surface area contributed by atoms with Gasteiger partial charge in [-0.1, -0.05) is 13.8 Å². The van der Waals surface area contributed by atoms with Crippen molar-refractivity contribution in [3.05, 3.63) is 0 Å². The van der Waals surface area contributed by atoms with E-state index in [0.717, 1.165) is 38.1 Å². The van der Waals surface area contributed by atoms with Crippen molar-refractivity contribution in [1.29, 1.82) is 0 Å². The van der Waals surface area contributed by atoms with Gasteiger partial charge in [-0.05, 0) is 39.8 Å². The van der Waals surface area contributed by atoms with E-state index in [-0.39, 0.29) is 0 Å². The number of aliphatic imine (C=N–C) groups is 1. The first-order valence-electron chi connectivity index (χ1n) is 8.28. The van der Waals surface area contributed by atoms with E-state index in [1.54, 1.807) is 0 Å². The number of hydrogen-bond donors (Lipinski definition) is 2. The third-order valence-corrected chi connectivity index (χ3v) is 4.27. The largest absolute Gasteiger partial charge is 0.355 e. The van der Waals surface area contributed by atoms with E-state index in [1.165, 1.54) is 12.8 Å². The van der Waals surface area contributed by atoms with Gasteiger partial charge in [-0.25, -0.2) is 0 Å². The molecule has 0 bridgehead atoms. The molecule has 1 fully saturated rings. The summed E-state index contributed by atoms with van der Waals surface area (Å²) in [4.78, 5) is 9.18. The molecule has 21 heavy (non-hydrogen) atoms. The number of piperazine rings is 1. The van der Waals surface area contributed by atoms with Crippen LogP contribution in [0.1, 0.15) is 33.6 Å². The quantitative estimate of drug-likeness (QED) is 0.571. The number of nitrogens with zero attached hydrogens (tertiary/aromatic N) is 3. The second kappa shape index (κ2) is 9.26. The van der Waals surface area contributed by atoms with Crippen molar-refractivity contribution in [2.75, 3.05) is 47.3 Å². The Morgan fingerprint density at radius 1 is 1.19 bits per heavy atom. The molecule has 2 unspecified atom stereocenters. The second-order valence-electron chi connectivity index (χ2n) is 6.87. The van der Waals surface area contributed by atoms with Crippen LogP contribution in [0.15, 0.2) is 4.99 Å². The fourth-order valence-corrected chi connectivity index (χ4v) is 2.62. The van der Waals surface area contributed by atoms with Gasteiger partial charge in [-0.15, -0.1) is 0 Å². The predicted octanol–water partition coefficient (Wildman–Crippen LogP) is 1.22. The summed E-state index contributed by atoms with van der Waals surface area (Å²) in [5, 5.41) is 6.97. The van der Waals surface area contributed by atoms with Crippen LogP contribution in [0.3, 0.4) is 0 Å². The molecule has 2 atom stereocenters. The van der Waals surface area contributed by atoms with Gasteiger partial charge in [-0.2, -0.15) is 0 Å². The van der Waals surface area contributed by atoms with E-state index in [2.05, 4.69) is 60.3 Å². The molecule has 0 aromatic rings. The molecule has 2 N–H and O–H groups in total. The first-order chi connectivity index (χ1) is 9.92. The minimum absolute atomic E-state index is 0.463. The Balaban J connectivity index is 2.33. The molecule has 0 saturated carbocycles. The van der Waals surface area contributed by atoms with E-state index in [9.17, 15) is 0 Å². The molecule has 0 aromatic carbocycles. The fourth-order valence-electron chi connectivity index (χ4n) is 2.62. The Labute approximate surface area is 131 Å². The highest BCUT2D eigenvalue weighted by Gasteiger charge is 2.22. The first-order valence-corrected chi connectivity index (χ1v) is 8.28. The van der Waals surface area contributed by atoms with Gasteiger partial charge >= 0.3 is 0 Å². The minimum atomic E-state index is 0.463. The van der Waals surface area contributed by atoms with E-state index >= 15 is 0 Å². The lowest BCUT2D eigenvalue weighted by Gasteiger charge is -2.38. The molecule has 0 radical (unpaired) electrons. The number of hydrogen-bond acceptors (Lipinski definition) is 3. The van der Waals surface area contributed by atoms with Crippen LogP contribution in [-0.4, -0.2) is 75.2 Å². The summed E-state index contributed by atoms with van der Waals surface area (Å²) >= 11 is 0. The smallest absolute Gasteiger partial charge is 0.191 e. The molecule has 0 aromatic heterocycles. The van der Waals surface area contributed by atoms with E-state index in [1.807, 2.05) is 7.05 Å². The van der Waals surface area contributed by atoms with Crippen LogP contribution in [0.25, 0.3) is 0 Å². The summed E-state index contributed by atoms with van der Waals surface area (Å²) in [6.45, 7) is 11.1. The summed E-state index contributed by atoms with van der Waals surface area (Å²) < 4.78 is 0. The zero-order chi connectivity index (χ0) is 15.8. The molecule has 1 heterocycles. The molecule has 5 nitrogen and oxygen atoms in total. The van der Waals surface area contributed by atoms with Crippen molar-refractivity contribution in [2.45, 2.75) is 45.7 Å². The van der Waals surface area contributed by atoms with Crippen molar-refractivity contribution in [2.24, 2.45) is 10.9 Å². The SMILES string of the molecule is CN=C(NCC1CN(C)CCN1C)NC(C)CCC(C)C. The molecule has 0 aliphatic carbocycles. The monoisotopic (exact) mass is 297 g/mol. The highest BCUT2D eigenvalue weighted by molar-refractivity contribution is 5.79. The lowest BCUT2D eigenvalue weighted by atomic mass is 10.0. The Bertz CT molecular complexity index is 316. The highest BCUT2D eigenvalue weighted by Crippen LogP contribution is 2.07. The molecule has 1 aliphatic heterocycles. The average molecular weight is 297 g/mol. The average Bonchev–Trinajstić information content (AvgIpc) is 2.44. The summed E-state index contributed by atoms with van der Waals surface area (Å²) in [5.41, 5.74) is 0. The standard InChI is InChI=1S/C16H35N5/c1-13(2)7-8-14(3)19-16(17-4)18-11-15-12-20(5)9-10-21(15)6/h13-15H,7-12H2,1-6H3,(H2,17,18,19). The van der Waals surface area contributed by atoms with Gasteiger partial charge < -0.3 is 15.5 Å². The van der Waals surface area contributed by atoms with Crippen LogP contribution < -0.4 is 10.6 Å². The Morgan fingerprint density at radius 3 is 2.52 bits per heavy atom. The molecular weight excluding hydrogens is 262 g/mol. The molecular formula is C16H35N5. The third-order valence-electron chi connectivity index (χ3n) is 4.27. The topological polar surface area (TPSA) is 42.9 Å². The molecule has 1 rings (SSSR count). The molecule has 1 aliphatic rings. The van der Waals surface area contributed by atoms with Crippen molar-refractivity contribution < 1.29 is 0 Å². The van der Waals surface area contributed by atoms with E-state index in [4.69, 9.17) is 0 Å².